The lowest BCUT2D eigenvalue weighted by atomic mass is 9.64. The Bertz CT molecular complexity index is 1120. The molecule has 1 heterocycles. The van der Waals surface area contributed by atoms with E-state index in [-0.39, 0.29) is 24.2 Å². The molecule has 2 atom stereocenters. The Kier molecular flexibility index (Phi) is 4.80. The number of hydrogen-bond acceptors (Lipinski definition) is 8. The van der Waals surface area contributed by atoms with Crippen LogP contribution in [-0.2, 0) is 25.5 Å². The third kappa shape index (κ3) is 2.54. The number of ketones is 2. The Morgan fingerprint density at radius 3 is 2.39 bits per heavy atom. The maximum Gasteiger partial charge on any atom is 0.341 e. The summed E-state index contributed by atoms with van der Waals surface area (Å²) in [6.07, 6.45) is -0.223. The Morgan fingerprint density at radius 1 is 1.00 bits per heavy atom. The van der Waals surface area contributed by atoms with Gasteiger partial charge in [0.05, 0.1) is 20.8 Å². The van der Waals surface area contributed by atoms with E-state index < -0.39 is 34.5 Å². The van der Waals surface area contributed by atoms with Gasteiger partial charge in [0.25, 0.3) is 0 Å². The van der Waals surface area contributed by atoms with Gasteiger partial charge in [-0.2, -0.15) is 0 Å². The van der Waals surface area contributed by atoms with Crippen molar-refractivity contribution in [1.29, 1.82) is 0 Å². The number of carbonyl (C=O) groups is 4. The highest BCUT2D eigenvalue weighted by Crippen LogP contribution is 2.52. The average molecular weight is 423 g/mol. The smallest absolute Gasteiger partial charge is 0.341 e. The summed E-state index contributed by atoms with van der Waals surface area (Å²) in [4.78, 5) is 54.2. The first-order valence-corrected chi connectivity index (χ1v) is 9.76. The summed E-state index contributed by atoms with van der Waals surface area (Å²) in [6, 6.07) is 11.2. The first-order valence-electron chi connectivity index (χ1n) is 9.76. The molecule has 2 aliphatic rings. The van der Waals surface area contributed by atoms with Gasteiger partial charge in [0.2, 0.25) is 11.3 Å². The van der Waals surface area contributed by atoms with Crippen molar-refractivity contribution >= 4 is 29.2 Å². The lowest BCUT2D eigenvalue weighted by Gasteiger charge is -2.39. The molecule has 0 bridgehead atoms. The fourth-order valence-electron chi connectivity index (χ4n) is 4.56. The van der Waals surface area contributed by atoms with Gasteiger partial charge in [0.15, 0.2) is 11.2 Å². The number of ether oxygens (including phenoxy) is 3. The predicted octanol–water partition coefficient (Wildman–Crippen LogP) is 2.20. The Labute approximate surface area is 178 Å². The van der Waals surface area contributed by atoms with E-state index in [0.717, 1.165) is 7.11 Å². The second-order valence-corrected chi connectivity index (χ2v) is 7.40. The van der Waals surface area contributed by atoms with Crippen LogP contribution in [0.25, 0.3) is 0 Å². The van der Waals surface area contributed by atoms with E-state index in [1.165, 1.54) is 19.2 Å². The maximum atomic E-state index is 13.8. The van der Waals surface area contributed by atoms with Crippen LogP contribution >= 0.6 is 0 Å². The molecule has 0 saturated heterocycles. The zero-order chi connectivity index (χ0) is 22.4. The number of anilines is 1. The van der Waals surface area contributed by atoms with Gasteiger partial charge < -0.3 is 19.5 Å². The summed E-state index contributed by atoms with van der Waals surface area (Å²) < 4.78 is 15.5. The summed E-state index contributed by atoms with van der Waals surface area (Å²) in [5.41, 5.74) is -3.25. The average Bonchev–Trinajstić information content (AvgIpc) is 3.26. The van der Waals surface area contributed by atoms with E-state index in [0.29, 0.717) is 17.0 Å². The number of nitrogens with one attached hydrogen (secondary N) is 1. The maximum absolute atomic E-state index is 13.8. The van der Waals surface area contributed by atoms with Crippen molar-refractivity contribution in [2.75, 3.05) is 26.1 Å². The summed E-state index contributed by atoms with van der Waals surface area (Å²) >= 11 is 0. The fraction of sp³-hybridized carbons (Fsp3) is 0.304. The van der Waals surface area contributed by atoms with Crippen LogP contribution in [0.1, 0.15) is 33.2 Å². The number of rotatable bonds is 5. The number of Topliss-reactive ketones (excluding diaryl/α,β-unsaturated/α-hetero) is 2. The van der Waals surface area contributed by atoms with Crippen molar-refractivity contribution in [3.05, 3.63) is 59.2 Å². The normalized spacial score (nSPS) is 23.6. The molecule has 0 saturated carbocycles. The van der Waals surface area contributed by atoms with Gasteiger partial charge in [-0.15, -0.1) is 0 Å². The zero-order valence-electron chi connectivity index (χ0n) is 17.3. The van der Waals surface area contributed by atoms with Crippen LogP contribution in [0.3, 0.4) is 0 Å². The molecular formula is C23H21NO7. The molecule has 0 aromatic heterocycles. The van der Waals surface area contributed by atoms with Gasteiger partial charge >= 0.3 is 11.9 Å². The minimum atomic E-state index is -2.30. The highest BCUT2D eigenvalue weighted by Gasteiger charge is 2.75. The first kappa shape index (κ1) is 20.6. The van der Waals surface area contributed by atoms with Crippen LogP contribution in [0.15, 0.2) is 42.5 Å². The van der Waals surface area contributed by atoms with Crippen molar-refractivity contribution in [3.8, 4) is 5.75 Å². The van der Waals surface area contributed by atoms with Crippen LogP contribution < -0.4 is 10.1 Å². The van der Waals surface area contributed by atoms with Gasteiger partial charge in [-0.05, 0) is 42.8 Å². The monoisotopic (exact) mass is 423 g/mol. The van der Waals surface area contributed by atoms with Gasteiger partial charge in [0, 0.05) is 23.2 Å². The van der Waals surface area contributed by atoms with Crippen LogP contribution in [0.2, 0.25) is 0 Å². The van der Waals surface area contributed by atoms with Gasteiger partial charge in [-0.1, -0.05) is 12.1 Å². The number of carbonyl (C=O) groups excluding carboxylic acids is 4. The third-order valence-corrected chi connectivity index (χ3v) is 5.99. The number of fused-ring (bicyclic) bond motifs is 2. The molecule has 2 aromatic rings. The van der Waals surface area contributed by atoms with Crippen molar-refractivity contribution in [3.63, 3.8) is 0 Å². The molecule has 2 aromatic carbocycles. The largest absolute Gasteiger partial charge is 0.497 e. The lowest BCUT2D eigenvalue weighted by molar-refractivity contribution is -0.162. The highest BCUT2D eigenvalue weighted by atomic mass is 16.5. The SMILES string of the molecule is CCOC(=O)[C@@]1([C@]2(C(=O)OC)Nc3ccccc3C2=O)Cc2cc(OC)ccc2C1=O. The lowest BCUT2D eigenvalue weighted by Crippen LogP contribution is -2.68. The van der Waals surface area contributed by atoms with Gasteiger partial charge in [-0.3, -0.25) is 14.4 Å². The van der Waals surface area contributed by atoms with Crippen molar-refractivity contribution in [2.45, 2.75) is 18.9 Å². The summed E-state index contributed by atoms with van der Waals surface area (Å²) in [5, 5.41) is 2.89. The standard InChI is InChI=1S/C23H21NO7/c1-4-31-20(27)22(12-13-11-14(29-2)9-10-15(13)18(22)25)23(21(28)30-3)19(26)16-7-5-6-8-17(16)24-23/h5-11,24H,4,12H2,1-3H3/t22-,23+/m1/s1. The van der Waals surface area contributed by atoms with E-state index in [1.54, 1.807) is 37.3 Å². The first-order chi connectivity index (χ1) is 14.9. The molecule has 0 unspecified atom stereocenters. The minimum absolute atomic E-state index is 0.0358. The molecule has 1 N–H and O–H groups in total. The highest BCUT2D eigenvalue weighted by molar-refractivity contribution is 6.33. The summed E-state index contributed by atoms with van der Waals surface area (Å²) in [5.74, 6) is -2.91. The molecule has 1 aliphatic carbocycles. The van der Waals surface area contributed by atoms with E-state index in [2.05, 4.69) is 5.32 Å². The topological polar surface area (TPSA) is 108 Å². The molecular weight excluding hydrogens is 402 g/mol. The van der Waals surface area contributed by atoms with Crippen molar-refractivity contribution < 1.29 is 33.4 Å². The number of esters is 2. The second kappa shape index (κ2) is 7.23. The van der Waals surface area contributed by atoms with E-state index in [1.807, 2.05) is 0 Å². The molecule has 0 spiro atoms. The van der Waals surface area contributed by atoms with Crippen LogP contribution in [0, 0.1) is 5.41 Å². The van der Waals surface area contributed by atoms with Gasteiger partial charge in [0.1, 0.15) is 5.75 Å². The Balaban J connectivity index is 2.00. The Morgan fingerprint density at radius 2 is 1.74 bits per heavy atom. The number of para-hydroxylation sites is 1. The van der Waals surface area contributed by atoms with Crippen LogP contribution in [-0.4, -0.2) is 49.9 Å². The van der Waals surface area contributed by atoms with E-state index in [9.17, 15) is 19.2 Å². The molecule has 31 heavy (non-hydrogen) atoms. The molecule has 1 aliphatic heterocycles. The van der Waals surface area contributed by atoms with Crippen molar-refractivity contribution in [2.24, 2.45) is 5.41 Å². The second-order valence-electron chi connectivity index (χ2n) is 7.40. The number of benzene rings is 2. The molecule has 8 heteroatoms. The molecule has 8 nitrogen and oxygen atoms in total. The van der Waals surface area contributed by atoms with E-state index in [4.69, 9.17) is 14.2 Å². The van der Waals surface area contributed by atoms with Crippen LogP contribution in [0.5, 0.6) is 5.75 Å². The third-order valence-electron chi connectivity index (χ3n) is 5.99. The van der Waals surface area contributed by atoms with Crippen LogP contribution in [0.4, 0.5) is 5.69 Å². The molecule has 0 radical (unpaired) electrons. The quantitative estimate of drug-likeness (QED) is 0.576. The predicted molar refractivity (Wildman–Crippen MR) is 109 cm³/mol. The fourth-order valence-corrected chi connectivity index (χ4v) is 4.56. The van der Waals surface area contributed by atoms with Crippen molar-refractivity contribution in [1.82, 2.24) is 0 Å². The zero-order valence-corrected chi connectivity index (χ0v) is 17.3. The minimum Gasteiger partial charge on any atom is -0.497 e. The van der Waals surface area contributed by atoms with Gasteiger partial charge in [-0.25, -0.2) is 4.79 Å². The molecule has 0 amide bonds. The summed E-state index contributed by atoms with van der Waals surface area (Å²) in [7, 11) is 2.59. The number of hydrogen-bond donors (Lipinski definition) is 1. The summed E-state index contributed by atoms with van der Waals surface area (Å²) in [6.45, 7) is 1.55. The Hall–Kier alpha value is -3.68. The molecule has 4 rings (SSSR count). The molecule has 0 fully saturated rings. The molecule has 160 valence electrons. The van der Waals surface area contributed by atoms with E-state index >= 15 is 0 Å². The number of methoxy groups -OCH3 is 2.